The van der Waals surface area contributed by atoms with E-state index in [0.717, 1.165) is 57.9 Å². The standard InChI is InChI=1S/C33H40N6O2S/c1-23(27-21-34-28-13-9-8-12-26(27)28)31(32(40)35-29-20-24(22-37(2)3)14-15-30(29)42-4)36-33(41)39-18-16-38(17-19-39)25-10-6-5-7-11-25/h5-15,20-21,23,31,34H,16-19,22H2,1-4H3,(H,35,40)(H,36,41)/t23-,31+/m0/s1. The molecule has 9 heteroatoms. The van der Waals surface area contributed by atoms with Gasteiger partial charge in [-0.05, 0) is 61.8 Å². The van der Waals surface area contributed by atoms with Crippen molar-refractivity contribution in [3.05, 3.63) is 90.1 Å². The summed E-state index contributed by atoms with van der Waals surface area (Å²) in [6, 6.07) is 23.5. The van der Waals surface area contributed by atoms with Crippen molar-refractivity contribution < 1.29 is 9.59 Å². The summed E-state index contributed by atoms with van der Waals surface area (Å²) in [5, 5.41) is 7.35. The van der Waals surface area contributed by atoms with E-state index < -0.39 is 6.04 Å². The molecule has 1 aromatic heterocycles. The van der Waals surface area contributed by atoms with Crippen LogP contribution in [0.2, 0.25) is 0 Å². The van der Waals surface area contributed by atoms with E-state index in [0.29, 0.717) is 13.1 Å². The quantitative estimate of drug-likeness (QED) is 0.223. The van der Waals surface area contributed by atoms with E-state index in [9.17, 15) is 9.59 Å². The number of carbonyl (C=O) groups is 2. The number of urea groups is 1. The number of hydrogen-bond acceptors (Lipinski definition) is 5. The molecule has 2 atom stereocenters. The van der Waals surface area contributed by atoms with E-state index in [1.807, 2.05) is 93.0 Å². The third-order valence-corrected chi connectivity index (χ3v) is 8.68. The van der Waals surface area contributed by atoms with Crippen LogP contribution in [0.3, 0.4) is 0 Å². The summed E-state index contributed by atoms with van der Waals surface area (Å²) >= 11 is 1.59. The fraction of sp³-hybridized carbons (Fsp3) is 0.333. The third-order valence-electron chi connectivity index (χ3n) is 7.88. The monoisotopic (exact) mass is 584 g/mol. The molecule has 8 nitrogen and oxygen atoms in total. The van der Waals surface area contributed by atoms with Crippen molar-refractivity contribution in [2.75, 3.05) is 56.7 Å². The van der Waals surface area contributed by atoms with Gasteiger partial charge in [0.1, 0.15) is 6.04 Å². The summed E-state index contributed by atoms with van der Waals surface area (Å²) in [4.78, 5) is 38.2. The van der Waals surface area contributed by atoms with Gasteiger partial charge in [-0.3, -0.25) is 4.79 Å². The van der Waals surface area contributed by atoms with Crippen LogP contribution in [0.15, 0.2) is 83.9 Å². The first-order valence-electron chi connectivity index (χ1n) is 14.4. The molecular weight excluding hydrogens is 544 g/mol. The van der Waals surface area contributed by atoms with Crippen LogP contribution < -0.4 is 15.5 Å². The summed E-state index contributed by atoms with van der Waals surface area (Å²) in [6.45, 7) is 5.41. The van der Waals surface area contributed by atoms with Crippen LogP contribution in [0.1, 0.15) is 24.0 Å². The highest BCUT2D eigenvalue weighted by molar-refractivity contribution is 7.98. The van der Waals surface area contributed by atoms with E-state index in [1.54, 1.807) is 11.8 Å². The number of amides is 3. The number of H-pyrrole nitrogens is 1. The van der Waals surface area contributed by atoms with Crippen LogP contribution in [-0.4, -0.2) is 79.3 Å². The minimum absolute atomic E-state index is 0.221. The Bertz CT molecular complexity index is 1510. The Balaban J connectivity index is 1.37. The van der Waals surface area contributed by atoms with Gasteiger partial charge < -0.3 is 30.3 Å². The van der Waals surface area contributed by atoms with Crippen molar-refractivity contribution in [1.82, 2.24) is 20.1 Å². The highest BCUT2D eigenvalue weighted by Gasteiger charge is 2.32. The summed E-state index contributed by atoms with van der Waals surface area (Å²) < 4.78 is 0. The molecule has 0 bridgehead atoms. The lowest BCUT2D eigenvalue weighted by atomic mass is 9.92. The van der Waals surface area contributed by atoms with Crippen molar-refractivity contribution in [2.45, 2.75) is 30.3 Å². The van der Waals surface area contributed by atoms with Crippen LogP contribution in [0.4, 0.5) is 16.2 Å². The predicted octanol–water partition coefficient (Wildman–Crippen LogP) is 5.59. The second-order valence-electron chi connectivity index (χ2n) is 11.1. The summed E-state index contributed by atoms with van der Waals surface area (Å²) in [5.41, 5.74) is 5.02. The normalized spacial score (nSPS) is 15.1. The van der Waals surface area contributed by atoms with Gasteiger partial charge in [0.05, 0.1) is 5.69 Å². The number of hydrogen-bond donors (Lipinski definition) is 3. The largest absolute Gasteiger partial charge is 0.368 e. The first kappa shape index (κ1) is 29.5. The van der Waals surface area contributed by atoms with Crippen molar-refractivity contribution in [3.63, 3.8) is 0 Å². The molecule has 1 aliphatic heterocycles. The number of carbonyl (C=O) groups excluding carboxylic acids is 2. The molecule has 4 aromatic rings. The first-order valence-corrected chi connectivity index (χ1v) is 15.6. The smallest absolute Gasteiger partial charge is 0.318 e. The molecule has 3 N–H and O–H groups in total. The molecule has 1 saturated heterocycles. The predicted molar refractivity (Wildman–Crippen MR) is 174 cm³/mol. The lowest BCUT2D eigenvalue weighted by Gasteiger charge is -2.37. The average Bonchev–Trinajstić information content (AvgIpc) is 3.44. The van der Waals surface area contributed by atoms with Gasteiger partial charge in [-0.15, -0.1) is 11.8 Å². The highest BCUT2D eigenvalue weighted by Crippen LogP contribution is 2.31. The van der Waals surface area contributed by atoms with Crippen molar-refractivity contribution in [1.29, 1.82) is 0 Å². The molecule has 5 rings (SSSR count). The molecule has 0 saturated carbocycles. The maximum absolute atomic E-state index is 14.1. The number of aromatic nitrogens is 1. The van der Waals surface area contributed by atoms with Crippen LogP contribution in [0.25, 0.3) is 10.9 Å². The Labute approximate surface area is 252 Å². The summed E-state index contributed by atoms with van der Waals surface area (Å²) in [5.74, 6) is -0.514. The molecule has 0 unspecified atom stereocenters. The Morgan fingerprint density at radius 1 is 0.976 bits per heavy atom. The molecule has 2 heterocycles. The molecule has 42 heavy (non-hydrogen) atoms. The van der Waals surface area contributed by atoms with E-state index in [2.05, 4.69) is 43.6 Å². The van der Waals surface area contributed by atoms with Gasteiger partial charge in [-0.25, -0.2) is 4.79 Å². The number of piperazine rings is 1. The van der Waals surface area contributed by atoms with Crippen LogP contribution in [-0.2, 0) is 11.3 Å². The third kappa shape index (κ3) is 6.74. The highest BCUT2D eigenvalue weighted by atomic mass is 32.2. The lowest BCUT2D eigenvalue weighted by Crippen LogP contribution is -2.56. The van der Waals surface area contributed by atoms with Gasteiger partial charge in [0, 0.05) is 66.3 Å². The zero-order valence-electron chi connectivity index (χ0n) is 24.8. The van der Waals surface area contributed by atoms with Crippen LogP contribution >= 0.6 is 11.8 Å². The number of nitrogens with one attached hydrogen (secondary N) is 3. The van der Waals surface area contributed by atoms with Gasteiger partial charge in [0.25, 0.3) is 0 Å². The Morgan fingerprint density at radius 3 is 2.40 bits per heavy atom. The molecule has 3 amide bonds. The fourth-order valence-electron chi connectivity index (χ4n) is 5.63. The fourth-order valence-corrected chi connectivity index (χ4v) is 6.16. The molecule has 0 radical (unpaired) electrons. The van der Waals surface area contributed by atoms with Crippen LogP contribution in [0.5, 0.6) is 0 Å². The molecule has 1 fully saturated rings. The average molecular weight is 585 g/mol. The molecular formula is C33H40N6O2S. The van der Waals surface area contributed by atoms with Gasteiger partial charge in [0.2, 0.25) is 5.91 Å². The SMILES string of the molecule is CSc1ccc(CN(C)C)cc1NC(=O)[C@H](NC(=O)N1CCN(c2ccccc2)CC1)[C@@H](C)c1c[nH]c2ccccc12. The summed E-state index contributed by atoms with van der Waals surface area (Å²) in [7, 11) is 4.05. The molecule has 220 valence electrons. The van der Waals surface area contributed by atoms with Gasteiger partial charge in [-0.1, -0.05) is 49.4 Å². The van der Waals surface area contributed by atoms with E-state index >= 15 is 0 Å². The van der Waals surface area contributed by atoms with E-state index in [1.165, 1.54) is 0 Å². The van der Waals surface area contributed by atoms with Crippen molar-refractivity contribution >= 4 is 46.0 Å². The van der Waals surface area contributed by atoms with Gasteiger partial charge in [-0.2, -0.15) is 0 Å². The van der Waals surface area contributed by atoms with E-state index in [-0.39, 0.29) is 17.9 Å². The minimum Gasteiger partial charge on any atom is -0.368 e. The number of rotatable bonds is 9. The first-order chi connectivity index (χ1) is 20.3. The van der Waals surface area contributed by atoms with Crippen molar-refractivity contribution in [3.8, 4) is 0 Å². The molecule has 0 spiro atoms. The Morgan fingerprint density at radius 2 is 1.69 bits per heavy atom. The Hall–Kier alpha value is -3.95. The molecule has 0 aliphatic carbocycles. The van der Waals surface area contributed by atoms with Crippen molar-refractivity contribution in [2.24, 2.45) is 0 Å². The van der Waals surface area contributed by atoms with Gasteiger partial charge in [0.15, 0.2) is 0 Å². The summed E-state index contributed by atoms with van der Waals surface area (Å²) in [6.07, 6.45) is 3.95. The number of thioether (sulfide) groups is 1. The maximum Gasteiger partial charge on any atom is 0.318 e. The second kappa shape index (κ2) is 13.4. The topological polar surface area (TPSA) is 83.7 Å². The van der Waals surface area contributed by atoms with Gasteiger partial charge >= 0.3 is 6.03 Å². The molecule has 1 aliphatic rings. The minimum atomic E-state index is -0.781. The number of fused-ring (bicyclic) bond motifs is 1. The number of aromatic amines is 1. The maximum atomic E-state index is 14.1. The number of benzene rings is 3. The zero-order chi connectivity index (χ0) is 29.6. The molecule has 3 aromatic carbocycles. The zero-order valence-corrected chi connectivity index (χ0v) is 25.6. The number of nitrogens with zero attached hydrogens (tertiary/aromatic N) is 3. The Kier molecular flexibility index (Phi) is 9.39. The van der Waals surface area contributed by atoms with Crippen LogP contribution in [0, 0.1) is 0 Å². The second-order valence-corrected chi connectivity index (χ2v) is 11.9. The number of anilines is 2. The lowest BCUT2D eigenvalue weighted by molar-refractivity contribution is -0.118. The van der Waals surface area contributed by atoms with E-state index in [4.69, 9.17) is 0 Å². The number of para-hydroxylation sites is 2.